The van der Waals surface area contributed by atoms with Crippen molar-refractivity contribution in [1.82, 2.24) is 9.88 Å². The first-order chi connectivity index (χ1) is 12.9. The number of anilines is 2. The van der Waals surface area contributed by atoms with Crippen molar-refractivity contribution in [1.29, 1.82) is 0 Å². The Morgan fingerprint density at radius 2 is 2.00 bits per heavy atom. The third-order valence-corrected chi connectivity index (χ3v) is 6.27. The first-order valence-corrected chi connectivity index (χ1v) is 10.6. The fourth-order valence-corrected chi connectivity index (χ4v) is 4.82. The molecule has 8 heteroatoms. The quantitative estimate of drug-likeness (QED) is 0.817. The molecule has 7 nitrogen and oxygen atoms in total. The summed E-state index contributed by atoms with van der Waals surface area (Å²) in [5.74, 6) is 0.706. The van der Waals surface area contributed by atoms with Crippen LogP contribution in [0.3, 0.4) is 0 Å². The number of sulfone groups is 1. The number of amides is 1. The van der Waals surface area contributed by atoms with Gasteiger partial charge in [0.2, 0.25) is 0 Å². The molecule has 1 aromatic heterocycles. The highest BCUT2D eigenvalue weighted by atomic mass is 32.2. The van der Waals surface area contributed by atoms with Gasteiger partial charge >= 0.3 is 0 Å². The van der Waals surface area contributed by atoms with E-state index in [1.54, 1.807) is 19.3 Å². The molecule has 1 atom stereocenters. The van der Waals surface area contributed by atoms with Crippen LogP contribution in [0.1, 0.15) is 23.7 Å². The molecule has 1 amide bonds. The zero-order chi connectivity index (χ0) is 19.4. The molecule has 2 aromatic rings. The molecule has 3 rings (SSSR count). The number of ether oxygens (including phenoxy) is 1. The summed E-state index contributed by atoms with van der Waals surface area (Å²) < 4.78 is 28.7. The molecule has 2 heterocycles. The maximum Gasteiger partial charge on any atom is 0.255 e. The molecule has 0 aliphatic carbocycles. The summed E-state index contributed by atoms with van der Waals surface area (Å²) in [5, 5.41) is 3.21. The van der Waals surface area contributed by atoms with Gasteiger partial charge in [-0.1, -0.05) is 0 Å². The fourth-order valence-electron chi connectivity index (χ4n) is 3.04. The van der Waals surface area contributed by atoms with Crippen LogP contribution in [0.5, 0.6) is 5.75 Å². The van der Waals surface area contributed by atoms with Gasteiger partial charge in [-0.25, -0.2) is 8.42 Å². The van der Waals surface area contributed by atoms with Crippen LogP contribution in [0.15, 0.2) is 42.7 Å². The molecular weight excluding hydrogens is 366 g/mol. The first kappa shape index (κ1) is 19.2. The smallest absolute Gasteiger partial charge is 0.255 e. The lowest BCUT2D eigenvalue weighted by Crippen LogP contribution is -2.37. The normalized spacial score (nSPS) is 18.1. The fraction of sp³-hybridized carbons (Fsp3) is 0.368. The number of benzene rings is 1. The van der Waals surface area contributed by atoms with E-state index in [-0.39, 0.29) is 23.5 Å². The van der Waals surface area contributed by atoms with Crippen LogP contribution < -0.4 is 10.1 Å². The molecule has 1 fully saturated rings. The summed E-state index contributed by atoms with van der Waals surface area (Å²) >= 11 is 0. The molecular formula is C19H23N3O4S. The molecule has 1 aromatic carbocycles. The zero-order valence-corrected chi connectivity index (χ0v) is 16.2. The van der Waals surface area contributed by atoms with Crippen molar-refractivity contribution in [3.05, 3.63) is 48.3 Å². The van der Waals surface area contributed by atoms with Crippen LogP contribution in [0.4, 0.5) is 11.4 Å². The predicted molar refractivity (Wildman–Crippen MR) is 104 cm³/mol. The van der Waals surface area contributed by atoms with Crippen molar-refractivity contribution in [3.63, 3.8) is 0 Å². The maximum absolute atomic E-state index is 12.7. The van der Waals surface area contributed by atoms with Gasteiger partial charge in [0.05, 0.1) is 35.6 Å². The first-order valence-electron chi connectivity index (χ1n) is 8.80. The maximum atomic E-state index is 12.7. The second-order valence-electron chi connectivity index (χ2n) is 6.52. The molecule has 0 spiro atoms. The van der Waals surface area contributed by atoms with Crippen molar-refractivity contribution in [2.24, 2.45) is 0 Å². The summed E-state index contributed by atoms with van der Waals surface area (Å²) in [5.41, 5.74) is 1.94. The van der Waals surface area contributed by atoms with Crippen molar-refractivity contribution in [2.75, 3.05) is 30.5 Å². The molecule has 1 aliphatic rings. The van der Waals surface area contributed by atoms with E-state index in [4.69, 9.17) is 4.74 Å². The average Bonchev–Trinajstić information content (AvgIpc) is 3.02. The number of carbonyl (C=O) groups is 1. The Hall–Kier alpha value is -2.61. The van der Waals surface area contributed by atoms with Crippen LogP contribution in [-0.4, -0.2) is 55.4 Å². The van der Waals surface area contributed by atoms with Gasteiger partial charge in [0, 0.05) is 25.0 Å². The number of pyridine rings is 1. The number of aromatic nitrogens is 1. The molecule has 144 valence electrons. The molecule has 1 saturated heterocycles. The van der Waals surface area contributed by atoms with Crippen LogP contribution in [0, 0.1) is 0 Å². The number of rotatable bonds is 6. The predicted octanol–water partition coefficient (Wildman–Crippen LogP) is 2.48. The largest absolute Gasteiger partial charge is 0.494 e. The van der Waals surface area contributed by atoms with E-state index < -0.39 is 9.84 Å². The minimum atomic E-state index is -3.04. The Labute approximate surface area is 159 Å². The van der Waals surface area contributed by atoms with E-state index in [0.717, 1.165) is 11.4 Å². The van der Waals surface area contributed by atoms with Gasteiger partial charge < -0.3 is 15.0 Å². The molecule has 1 unspecified atom stereocenters. The molecule has 0 saturated carbocycles. The van der Waals surface area contributed by atoms with Gasteiger partial charge in [-0.05, 0) is 43.7 Å². The van der Waals surface area contributed by atoms with Crippen molar-refractivity contribution in [2.45, 2.75) is 19.4 Å². The van der Waals surface area contributed by atoms with Crippen LogP contribution >= 0.6 is 0 Å². The highest BCUT2D eigenvalue weighted by molar-refractivity contribution is 7.91. The van der Waals surface area contributed by atoms with Gasteiger partial charge in [-0.15, -0.1) is 0 Å². The molecule has 1 N–H and O–H groups in total. The third-order valence-electron chi connectivity index (χ3n) is 4.52. The lowest BCUT2D eigenvalue weighted by Gasteiger charge is -2.23. The topological polar surface area (TPSA) is 88.6 Å². The third kappa shape index (κ3) is 4.77. The highest BCUT2D eigenvalue weighted by Crippen LogP contribution is 2.22. The molecule has 1 aliphatic heterocycles. The number of carbonyl (C=O) groups excluding carboxylic acids is 1. The SMILES string of the molecule is CCOc1ccc(Nc2cncc(C(=O)N(C)C3CCS(=O)(=O)C3)c2)cc1. The van der Waals surface area contributed by atoms with Crippen molar-refractivity contribution < 1.29 is 17.9 Å². The summed E-state index contributed by atoms with van der Waals surface area (Å²) in [6.45, 7) is 2.54. The van der Waals surface area contributed by atoms with Crippen molar-refractivity contribution >= 4 is 27.1 Å². The van der Waals surface area contributed by atoms with Crippen molar-refractivity contribution in [3.8, 4) is 5.75 Å². The second-order valence-corrected chi connectivity index (χ2v) is 8.75. The Bertz CT molecular complexity index is 913. The van der Waals surface area contributed by atoms with E-state index in [9.17, 15) is 13.2 Å². The second kappa shape index (κ2) is 7.96. The Morgan fingerprint density at radius 1 is 1.26 bits per heavy atom. The van der Waals surface area contributed by atoms with E-state index in [0.29, 0.717) is 24.3 Å². The average molecular weight is 389 g/mol. The number of hydrogen-bond acceptors (Lipinski definition) is 6. The van der Waals surface area contributed by atoms with Crippen LogP contribution in [0.2, 0.25) is 0 Å². The summed E-state index contributed by atoms with van der Waals surface area (Å²) in [7, 11) is -1.41. The van der Waals surface area contributed by atoms with Gasteiger partial charge in [0.1, 0.15) is 5.75 Å². The number of hydrogen-bond donors (Lipinski definition) is 1. The zero-order valence-electron chi connectivity index (χ0n) is 15.4. The Morgan fingerprint density at radius 3 is 2.63 bits per heavy atom. The number of nitrogens with zero attached hydrogens (tertiary/aromatic N) is 2. The molecule has 0 bridgehead atoms. The van der Waals surface area contributed by atoms with Gasteiger partial charge in [-0.2, -0.15) is 0 Å². The Kier molecular flexibility index (Phi) is 5.65. The Balaban J connectivity index is 1.70. The van der Waals surface area contributed by atoms with E-state index in [1.165, 1.54) is 11.1 Å². The van der Waals surface area contributed by atoms with Gasteiger partial charge in [-0.3, -0.25) is 9.78 Å². The molecule has 0 radical (unpaired) electrons. The van der Waals surface area contributed by atoms with Crippen LogP contribution in [0.25, 0.3) is 0 Å². The van der Waals surface area contributed by atoms with E-state index in [1.807, 2.05) is 31.2 Å². The summed E-state index contributed by atoms with van der Waals surface area (Å²) in [4.78, 5) is 18.3. The lowest BCUT2D eigenvalue weighted by atomic mass is 10.2. The minimum absolute atomic E-state index is 0.0206. The van der Waals surface area contributed by atoms with E-state index >= 15 is 0 Å². The van der Waals surface area contributed by atoms with Gasteiger partial charge in [0.25, 0.3) is 5.91 Å². The summed E-state index contributed by atoms with van der Waals surface area (Å²) in [6, 6.07) is 8.92. The number of nitrogens with one attached hydrogen (secondary N) is 1. The summed E-state index contributed by atoms with van der Waals surface area (Å²) in [6.07, 6.45) is 3.60. The monoisotopic (exact) mass is 389 g/mol. The van der Waals surface area contributed by atoms with E-state index in [2.05, 4.69) is 10.3 Å². The van der Waals surface area contributed by atoms with Crippen LogP contribution in [-0.2, 0) is 9.84 Å². The highest BCUT2D eigenvalue weighted by Gasteiger charge is 2.33. The van der Waals surface area contributed by atoms with Gasteiger partial charge in [0.15, 0.2) is 9.84 Å². The molecule has 27 heavy (non-hydrogen) atoms. The minimum Gasteiger partial charge on any atom is -0.494 e. The standard InChI is InChI=1S/C19H23N3O4S/c1-3-26-18-6-4-15(5-7-18)21-16-10-14(11-20-12-16)19(23)22(2)17-8-9-27(24,25)13-17/h4-7,10-12,17,21H,3,8-9,13H2,1-2H3. The lowest BCUT2D eigenvalue weighted by molar-refractivity contribution is 0.0747.